The second-order valence-electron chi connectivity index (χ2n) is 4.45. The van der Waals surface area contributed by atoms with E-state index in [0.29, 0.717) is 12.4 Å². The van der Waals surface area contributed by atoms with Gasteiger partial charge >= 0.3 is 0 Å². The number of halogens is 2. The average molecular weight is 279 g/mol. The summed E-state index contributed by atoms with van der Waals surface area (Å²) in [5, 5.41) is 3.00. The molecule has 7 heteroatoms. The number of rotatable bonds is 5. The molecule has 106 valence electrons. The SMILES string of the molecule is CC(CCc1c(F)cccc1F)Nc1ncnc(N)n1. The van der Waals surface area contributed by atoms with Crippen molar-refractivity contribution in [2.75, 3.05) is 11.1 Å². The first-order valence-corrected chi connectivity index (χ1v) is 6.20. The molecule has 3 N–H and O–H groups in total. The van der Waals surface area contributed by atoms with Gasteiger partial charge in [-0.3, -0.25) is 0 Å². The Morgan fingerprint density at radius 1 is 1.25 bits per heavy atom. The monoisotopic (exact) mass is 279 g/mol. The van der Waals surface area contributed by atoms with Crippen molar-refractivity contribution in [3.8, 4) is 0 Å². The number of aromatic nitrogens is 3. The molecule has 0 spiro atoms. The minimum atomic E-state index is -0.526. The van der Waals surface area contributed by atoms with Gasteiger partial charge in [-0.25, -0.2) is 18.7 Å². The van der Waals surface area contributed by atoms with Gasteiger partial charge in [0.15, 0.2) is 0 Å². The summed E-state index contributed by atoms with van der Waals surface area (Å²) in [5.41, 5.74) is 5.53. The molecule has 0 saturated heterocycles. The Morgan fingerprint density at radius 3 is 2.60 bits per heavy atom. The topological polar surface area (TPSA) is 76.7 Å². The van der Waals surface area contributed by atoms with Crippen LogP contribution >= 0.6 is 0 Å². The van der Waals surface area contributed by atoms with Gasteiger partial charge in [-0.15, -0.1) is 0 Å². The molecule has 0 aliphatic rings. The first-order chi connectivity index (χ1) is 9.56. The van der Waals surface area contributed by atoms with Gasteiger partial charge in [-0.05, 0) is 31.9 Å². The number of hydrogen-bond donors (Lipinski definition) is 2. The molecule has 5 nitrogen and oxygen atoms in total. The van der Waals surface area contributed by atoms with Crippen molar-refractivity contribution in [1.29, 1.82) is 0 Å². The lowest BCUT2D eigenvalue weighted by Gasteiger charge is -2.14. The molecule has 0 saturated carbocycles. The lowest BCUT2D eigenvalue weighted by Crippen LogP contribution is -2.19. The van der Waals surface area contributed by atoms with Crippen molar-refractivity contribution in [1.82, 2.24) is 15.0 Å². The van der Waals surface area contributed by atoms with Crippen molar-refractivity contribution in [2.24, 2.45) is 0 Å². The molecule has 2 rings (SSSR count). The van der Waals surface area contributed by atoms with Crippen LogP contribution in [0.25, 0.3) is 0 Å². The number of hydrogen-bond acceptors (Lipinski definition) is 5. The smallest absolute Gasteiger partial charge is 0.227 e. The molecule has 0 fully saturated rings. The van der Waals surface area contributed by atoms with E-state index in [4.69, 9.17) is 5.73 Å². The van der Waals surface area contributed by atoms with Gasteiger partial charge in [-0.2, -0.15) is 4.98 Å². The van der Waals surface area contributed by atoms with E-state index in [2.05, 4.69) is 20.3 Å². The van der Waals surface area contributed by atoms with Gasteiger partial charge < -0.3 is 11.1 Å². The van der Waals surface area contributed by atoms with E-state index in [1.54, 1.807) is 0 Å². The summed E-state index contributed by atoms with van der Waals surface area (Å²) in [5.74, 6) is -0.586. The van der Waals surface area contributed by atoms with Crippen LogP contribution in [0.4, 0.5) is 20.7 Å². The van der Waals surface area contributed by atoms with Crippen LogP contribution in [0.15, 0.2) is 24.5 Å². The van der Waals surface area contributed by atoms with Crippen molar-refractivity contribution in [3.05, 3.63) is 41.7 Å². The molecule has 20 heavy (non-hydrogen) atoms. The first-order valence-electron chi connectivity index (χ1n) is 6.20. The van der Waals surface area contributed by atoms with Crippen LogP contribution in [0.2, 0.25) is 0 Å². The van der Waals surface area contributed by atoms with Crippen molar-refractivity contribution < 1.29 is 8.78 Å². The molecule has 1 atom stereocenters. The molecular weight excluding hydrogens is 264 g/mol. The highest BCUT2D eigenvalue weighted by atomic mass is 19.1. The highest BCUT2D eigenvalue weighted by Gasteiger charge is 2.11. The van der Waals surface area contributed by atoms with Gasteiger partial charge in [0.2, 0.25) is 11.9 Å². The fourth-order valence-electron chi connectivity index (χ4n) is 1.80. The predicted molar refractivity (Wildman–Crippen MR) is 72.0 cm³/mol. The van der Waals surface area contributed by atoms with E-state index in [-0.39, 0.29) is 24.0 Å². The van der Waals surface area contributed by atoms with E-state index in [9.17, 15) is 8.78 Å². The highest BCUT2D eigenvalue weighted by Crippen LogP contribution is 2.15. The van der Waals surface area contributed by atoms with E-state index in [0.717, 1.165) is 0 Å². The van der Waals surface area contributed by atoms with Crippen LogP contribution in [-0.2, 0) is 6.42 Å². The van der Waals surface area contributed by atoms with Gasteiger partial charge in [0.25, 0.3) is 0 Å². The summed E-state index contributed by atoms with van der Waals surface area (Å²) in [6.07, 6.45) is 2.12. The highest BCUT2D eigenvalue weighted by molar-refractivity contribution is 5.30. The van der Waals surface area contributed by atoms with Crippen LogP contribution < -0.4 is 11.1 Å². The molecule has 0 aliphatic carbocycles. The summed E-state index contributed by atoms with van der Waals surface area (Å²) in [4.78, 5) is 11.5. The molecule has 0 bridgehead atoms. The molecule has 2 aromatic rings. The van der Waals surface area contributed by atoms with E-state index in [1.165, 1.54) is 24.5 Å². The Morgan fingerprint density at radius 2 is 1.95 bits per heavy atom. The molecular formula is C13H15F2N5. The zero-order chi connectivity index (χ0) is 14.5. The minimum absolute atomic E-state index is 0.0594. The molecule has 1 aromatic heterocycles. The number of anilines is 2. The largest absolute Gasteiger partial charge is 0.368 e. The second kappa shape index (κ2) is 6.23. The van der Waals surface area contributed by atoms with E-state index in [1.807, 2.05) is 6.92 Å². The van der Waals surface area contributed by atoms with E-state index < -0.39 is 11.6 Å². The number of nitrogens with one attached hydrogen (secondary N) is 1. The number of nitrogen functional groups attached to an aromatic ring is 1. The molecule has 0 amide bonds. The third-order valence-corrected chi connectivity index (χ3v) is 2.86. The van der Waals surface area contributed by atoms with Crippen LogP contribution in [-0.4, -0.2) is 21.0 Å². The third kappa shape index (κ3) is 3.59. The number of benzene rings is 1. The van der Waals surface area contributed by atoms with Crippen molar-refractivity contribution in [3.63, 3.8) is 0 Å². The second-order valence-corrected chi connectivity index (χ2v) is 4.45. The van der Waals surface area contributed by atoms with Crippen LogP contribution in [0, 0.1) is 11.6 Å². The number of nitrogens with two attached hydrogens (primary N) is 1. The van der Waals surface area contributed by atoms with Crippen LogP contribution in [0.5, 0.6) is 0 Å². The molecule has 0 aliphatic heterocycles. The maximum Gasteiger partial charge on any atom is 0.227 e. The summed E-state index contributed by atoms with van der Waals surface area (Å²) in [7, 11) is 0. The lowest BCUT2D eigenvalue weighted by atomic mass is 10.1. The van der Waals surface area contributed by atoms with Crippen molar-refractivity contribution in [2.45, 2.75) is 25.8 Å². The first kappa shape index (κ1) is 14.1. The Bertz CT molecular complexity index is 570. The Hall–Kier alpha value is -2.31. The van der Waals surface area contributed by atoms with Crippen molar-refractivity contribution >= 4 is 11.9 Å². The van der Waals surface area contributed by atoms with Crippen LogP contribution in [0.1, 0.15) is 18.9 Å². The summed E-state index contributed by atoms with van der Waals surface area (Å²) >= 11 is 0. The summed E-state index contributed by atoms with van der Waals surface area (Å²) < 4.78 is 26.9. The Kier molecular flexibility index (Phi) is 4.39. The third-order valence-electron chi connectivity index (χ3n) is 2.86. The maximum atomic E-state index is 13.5. The molecule has 1 aromatic carbocycles. The van der Waals surface area contributed by atoms with Gasteiger partial charge in [-0.1, -0.05) is 6.07 Å². The van der Waals surface area contributed by atoms with Gasteiger partial charge in [0.05, 0.1) is 0 Å². The normalized spacial score (nSPS) is 12.2. The summed E-state index contributed by atoms with van der Waals surface area (Å²) in [6, 6.07) is 3.80. The Balaban J connectivity index is 1.94. The Labute approximate surface area is 115 Å². The minimum Gasteiger partial charge on any atom is -0.368 e. The van der Waals surface area contributed by atoms with Gasteiger partial charge in [0.1, 0.15) is 18.0 Å². The van der Waals surface area contributed by atoms with E-state index >= 15 is 0 Å². The standard InChI is InChI=1S/C13H15F2N5/c1-8(19-13-18-7-17-12(16)20-13)5-6-9-10(14)3-2-4-11(9)15/h2-4,7-8H,5-6H2,1H3,(H3,16,17,18,19,20). The molecule has 1 heterocycles. The predicted octanol–water partition coefficient (Wildman–Crippen LogP) is 2.17. The molecule has 0 radical (unpaired) electrons. The quantitative estimate of drug-likeness (QED) is 0.877. The average Bonchev–Trinajstić information content (AvgIpc) is 2.38. The molecule has 1 unspecified atom stereocenters. The summed E-state index contributed by atoms with van der Waals surface area (Å²) in [6.45, 7) is 1.87. The van der Waals surface area contributed by atoms with Gasteiger partial charge in [0, 0.05) is 11.6 Å². The lowest BCUT2D eigenvalue weighted by molar-refractivity contribution is 0.544. The fraction of sp³-hybridized carbons (Fsp3) is 0.308. The fourth-order valence-corrected chi connectivity index (χ4v) is 1.80. The van der Waals surface area contributed by atoms with Crippen LogP contribution in [0.3, 0.4) is 0 Å². The zero-order valence-corrected chi connectivity index (χ0v) is 11.0. The number of nitrogens with zero attached hydrogens (tertiary/aromatic N) is 3. The maximum absolute atomic E-state index is 13.5. The zero-order valence-electron chi connectivity index (χ0n) is 11.0.